The van der Waals surface area contributed by atoms with Gasteiger partial charge in [0.2, 0.25) is 0 Å². The molecule has 0 aliphatic rings. The maximum Gasteiger partial charge on any atom is 0.178 e. The monoisotopic (exact) mass is 318 g/mol. The van der Waals surface area contributed by atoms with Gasteiger partial charge in [0.05, 0.1) is 17.7 Å². The molecule has 3 aromatic rings. The van der Waals surface area contributed by atoms with E-state index in [4.69, 9.17) is 17.0 Å². The zero-order chi connectivity index (χ0) is 15.0. The zero-order valence-corrected chi connectivity index (χ0v) is 13.9. The van der Waals surface area contributed by atoms with Gasteiger partial charge in [-0.25, -0.2) is 0 Å². The van der Waals surface area contributed by atoms with Crippen molar-refractivity contribution in [3.05, 3.63) is 45.4 Å². The molecule has 0 saturated carbocycles. The Hall–Kier alpha value is -1.59. The number of aromatic nitrogens is 2. The van der Waals surface area contributed by atoms with E-state index in [1.165, 1.54) is 5.56 Å². The third-order valence-corrected chi connectivity index (χ3v) is 4.49. The van der Waals surface area contributed by atoms with Crippen LogP contribution in [-0.2, 0) is 0 Å². The Labute approximate surface area is 133 Å². The molecule has 3 rings (SSSR count). The van der Waals surface area contributed by atoms with E-state index in [1.807, 2.05) is 26.0 Å². The van der Waals surface area contributed by atoms with Gasteiger partial charge < -0.3 is 14.3 Å². The van der Waals surface area contributed by atoms with Gasteiger partial charge in [-0.15, -0.1) is 0 Å². The second-order valence-corrected chi connectivity index (χ2v) is 6.52. The lowest BCUT2D eigenvalue weighted by Gasteiger charge is -2.14. The van der Waals surface area contributed by atoms with Gasteiger partial charge in [0.15, 0.2) is 4.77 Å². The van der Waals surface area contributed by atoms with E-state index < -0.39 is 0 Å². The molecule has 5 heteroatoms. The fourth-order valence-corrected chi connectivity index (χ4v) is 3.63. The molecule has 0 spiro atoms. The van der Waals surface area contributed by atoms with Crippen LogP contribution in [0.2, 0.25) is 0 Å². The number of hydrogen-bond donors (Lipinski definition) is 1. The SMILES string of the molecule is CC(C)Oc1cccc2c1[nH]c(=S)n2C(C)c1ccsc1. The highest BCUT2D eigenvalue weighted by Crippen LogP contribution is 2.30. The highest BCUT2D eigenvalue weighted by atomic mass is 32.1. The van der Waals surface area contributed by atoms with Gasteiger partial charge in [0.25, 0.3) is 0 Å². The highest BCUT2D eigenvalue weighted by Gasteiger charge is 2.16. The van der Waals surface area contributed by atoms with Gasteiger partial charge >= 0.3 is 0 Å². The summed E-state index contributed by atoms with van der Waals surface area (Å²) in [6.07, 6.45) is 0.134. The zero-order valence-electron chi connectivity index (χ0n) is 12.3. The number of imidazole rings is 1. The number of benzene rings is 1. The molecule has 0 fully saturated rings. The van der Waals surface area contributed by atoms with Gasteiger partial charge in [-0.3, -0.25) is 0 Å². The lowest BCUT2D eigenvalue weighted by molar-refractivity contribution is 0.245. The third-order valence-electron chi connectivity index (χ3n) is 3.49. The molecule has 0 amide bonds. The van der Waals surface area contributed by atoms with Crippen molar-refractivity contribution in [3.63, 3.8) is 0 Å². The topological polar surface area (TPSA) is 29.9 Å². The summed E-state index contributed by atoms with van der Waals surface area (Å²) in [5.74, 6) is 0.852. The highest BCUT2D eigenvalue weighted by molar-refractivity contribution is 7.71. The molecule has 0 aliphatic carbocycles. The summed E-state index contributed by atoms with van der Waals surface area (Å²) in [7, 11) is 0. The molecule has 0 aliphatic heterocycles. The van der Waals surface area contributed by atoms with Crippen LogP contribution in [0, 0.1) is 4.77 Å². The van der Waals surface area contributed by atoms with Crippen LogP contribution in [0.3, 0.4) is 0 Å². The standard InChI is InChI=1S/C16H18N2OS2/c1-10(2)19-14-6-4-5-13-15(14)17-16(20)18(13)11(3)12-7-8-21-9-12/h4-11H,1-3H3,(H,17,20). The van der Waals surface area contributed by atoms with Crippen LogP contribution >= 0.6 is 23.6 Å². The molecular formula is C16H18N2OS2. The summed E-state index contributed by atoms with van der Waals surface area (Å²) in [4.78, 5) is 3.30. The summed E-state index contributed by atoms with van der Waals surface area (Å²) in [5.41, 5.74) is 3.32. The maximum atomic E-state index is 5.88. The quantitative estimate of drug-likeness (QED) is 0.674. The number of thiophene rings is 1. The summed E-state index contributed by atoms with van der Waals surface area (Å²) in [6, 6.07) is 8.42. The minimum Gasteiger partial charge on any atom is -0.489 e. The van der Waals surface area contributed by atoms with Crippen LogP contribution in [0.15, 0.2) is 35.0 Å². The first-order chi connectivity index (χ1) is 10.1. The minimum atomic E-state index is 0.134. The van der Waals surface area contributed by atoms with E-state index in [2.05, 4.69) is 39.4 Å². The molecule has 2 aromatic heterocycles. The van der Waals surface area contributed by atoms with Crippen LogP contribution in [0.25, 0.3) is 11.0 Å². The van der Waals surface area contributed by atoms with Crippen molar-refractivity contribution >= 4 is 34.6 Å². The number of rotatable bonds is 4. The number of hydrogen-bond acceptors (Lipinski definition) is 3. The van der Waals surface area contributed by atoms with Crippen molar-refractivity contribution in [1.82, 2.24) is 9.55 Å². The van der Waals surface area contributed by atoms with E-state index in [0.29, 0.717) is 0 Å². The first-order valence-corrected chi connectivity index (χ1v) is 8.35. The van der Waals surface area contributed by atoms with Crippen molar-refractivity contribution in [3.8, 4) is 5.75 Å². The number of fused-ring (bicyclic) bond motifs is 1. The Kier molecular flexibility index (Phi) is 3.87. The number of nitrogens with zero attached hydrogens (tertiary/aromatic N) is 1. The van der Waals surface area contributed by atoms with Crippen LogP contribution in [0.5, 0.6) is 5.75 Å². The normalized spacial score (nSPS) is 13.0. The van der Waals surface area contributed by atoms with E-state index in [0.717, 1.165) is 21.6 Å². The summed E-state index contributed by atoms with van der Waals surface area (Å²) in [6.45, 7) is 6.22. The predicted octanol–water partition coefficient (Wildman–Crippen LogP) is 5.16. The van der Waals surface area contributed by atoms with Crippen molar-refractivity contribution in [1.29, 1.82) is 0 Å². The van der Waals surface area contributed by atoms with Gasteiger partial charge in [0.1, 0.15) is 11.3 Å². The van der Waals surface area contributed by atoms with E-state index >= 15 is 0 Å². The Morgan fingerprint density at radius 1 is 1.24 bits per heavy atom. The van der Waals surface area contributed by atoms with Crippen molar-refractivity contribution in [2.24, 2.45) is 0 Å². The third kappa shape index (κ3) is 2.63. The molecule has 1 aromatic carbocycles. The molecule has 1 unspecified atom stereocenters. The number of aromatic amines is 1. The summed E-state index contributed by atoms with van der Waals surface area (Å²) >= 11 is 7.24. The van der Waals surface area contributed by atoms with Crippen LogP contribution in [0.4, 0.5) is 0 Å². The molecule has 1 N–H and O–H groups in total. The molecule has 0 bridgehead atoms. The van der Waals surface area contributed by atoms with Crippen molar-refractivity contribution in [2.75, 3.05) is 0 Å². The first-order valence-electron chi connectivity index (χ1n) is 7.00. The van der Waals surface area contributed by atoms with Crippen LogP contribution < -0.4 is 4.74 Å². The average Bonchev–Trinajstić information content (AvgIpc) is 3.05. The van der Waals surface area contributed by atoms with Gasteiger partial charge in [-0.05, 0) is 67.5 Å². The Morgan fingerprint density at radius 2 is 2.05 bits per heavy atom. The maximum absolute atomic E-state index is 5.88. The second kappa shape index (κ2) is 5.66. The van der Waals surface area contributed by atoms with Crippen molar-refractivity contribution in [2.45, 2.75) is 32.9 Å². The average molecular weight is 318 g/mol. The summed E-state index contributed by atoms with van der Waals surface area (Å²) < 4.78 is 8.76. The number of nitrogens with one attached hydrogen (secondary N) is 1. The minimum absolute atomic E-state index is 0.134. The number of para-hydroxylation sites is 1. The van der Waals surface area contributed by atoms with Crippen LogP contribution in [-0.4, -0.2) is 15.7 Å². The fraction of sp³-hybridized carbons (Fsp3) is 0.312. The fourth-order valence-electron chi connectivity index (χ4n) is 2.52. The Morgan fingerprint density at radius 3 is 2.71 bits per heavy atom. The van der Waals surface area contributed by atoms with E-state index in [1.54, 1.807) is 11.3 Å². The number of H-pyrrole nitrogens is 1. The Bertz CT molecular complexity index is 799. The van der Waals surface area contributed by atoms with Gasteiger partial charge in [0, 0.05) is 0 Å². The molecular weight excluding hydrogens is 300 g/mol. The predicted molar refractivity (Wildman–Crippen MR) is 91.0 cm³/mol. The summed E-state index contributed by atoms with van der Waals surface area (Å²) in [5, 5.41) is 4.26. The molecule has 0 saturated heterocycles. The Balaban J connectivity index is 2.16. The largest absolute Gasteiger partial charge is 0.489 e. The molecule has 2 heterocycles. The van der Waals surface area contributed by atoms with Gasteiger partial charge in [-0.1, -0.05) is 6.07 Å². The molecule has 21 heavy (non-hydrogen) atoms. The van der Waals surface area contributed by atoms with Crippen molar-refractivity contribution < 1.29 is 4.74 Å². The second-order valence-electron chi connectivity index (χ2n) is 5.35. The van der Waals surface area contributed by atoms with E-state index in [-0.39, 0.29) is 12.1 Å². The molecule has 110 valence electrons. The first kappa shape index (κ1) is 14.4. The van der Waals surface area contributed by atoms with E-state index in [9.17, 15) is 0 Å². The molecule has 3 nitrogen and oxygen atoms in total. The van der Waals surface area contributed by atoms with Crippen LogP contribution in [0.1, 0.15) is 32.4 Å². The van der Waals surface area contributed by atoms with Gasteiger partial charge in [-0.2, -0.15) is 11.3 Å². The lowest BCUT2D eigenvalue weighted by Crippen LogP contribution is -2.07. The molecule has 0 radical (unpaired) electrons. The number of ether oxygens (including phenoxy) is 1. The smallest absolute Gasteiger partial charge is 0.178 e. The lowest BCUT2D eigenvalue weighted by atomic mass is 10.1. The molecule has 1 atom stereocenters.